The summed E-state index contributed by atoms with van der Waals surface area (Å²) in [6, 6.07) is 10.3. The summed E-state index contributed by atoms with van der Waals surface area (Å²) in [7, 11) is 1.52. The molecular formula is C27H24F3NO4. The molecule has 0 saturated carbocycles. The van der Waals surface area contributed by atoms with Crippen molar-refractivity contribution in [2.45, 2.75) is 26.2 Å². The van der Waals surface area contributed by atoms with Gasteiger partial charge in [-0.3, -0.25) is 0 Å². The molecule has 182 valence electrons. The van der Waals surface area contributed by atoms with E-state index in [2.05, 4.69) is 0 Å². The minimum Gasteiger partial charge on any atom is -0.507 e. The highest BCUT2D eigenvalue weighted by Gasteiger charge is 2.33. The number of hydrogen-bond acceptors (Lipinski definition) is 3. The molecular weight excluding hydrogens is 459 g/mol. The number of fused-ring (bicyclic) bond motifs is 1. The molecule has 0 amide bonds. The molecule has 0 aliphatic heterocycles. The maximum atomic E-state index is 14.5. The summed E-state index contributed by atoms with van der Waals surface area (Å²) in [4.78, 5) is 11.6. The number of benzene rings is 3. The molecule has 0 saturated heterocycles. The first-order valence-electron chi connectivity index (χ1n) is 10.8. The van der Waals surface area contributed by atoms with E-state index in [-0.39, 0.29) is 34.5 Å². The van der Waals surface area contributed by atoms with Crippen molar-refractivity contribution in [2.24, 2.45) is 0 Å². The van der Waals surface area contributed by atoms with Crippen molar-refractivity contribution in [3.05, 3.63) is 82.8 Å². The standard InChI is InChI=1S/C27H24F3NO4/c1-14-9-15(5-7-18(14)26(33)34)23-24-21(10-16(28)11-22(24)32)31(25(23)27(2,3)13-35-4)17-6-8-19(29)20(30)12-17/h5-12,32H,13H2,1-4H3,(H,33,34). The monoisotopic (exact) mass is 483 g/mol. The number of aromatic carboxylic acids is 1. The van der Waals surface area contributed by atoms with E-state index in [1.165, 1.54) is 25.3 Å². The zero-order valence-electron chi connectivity index (χ0n) is 19.6. The van der Waals surface area contributed by atoms with E-state index in [0.717, 1.165) is 18.2 Å². The predicted octanol–water partition coefficient (Wildman–Crippen LogP) is 6.35. The fourth-order valence-corrected chi connectivity index (χ4v) is 4.66. The van der Waals surface area contributed by atoms with Crippen molar-refractivity contribution < 1.29 is 32.9 Å². The lowest BCUT2D eigenvalue weighted by Crippen LogP contribution is -2.27. The maximum Gasteiger partial charge on any atom is 0.335 e. The van der Waals surface area contributed by atoms with Crippen LogP contribution in [0.25, 0.3) is 27.7 Å². The molecule has 0 bridgehead atoms. The van der Waals surface area contributed by atoms with Gasteiger partial charge in [0.15, 0.2) is 11.6 Å². The summed E-state index contributed by atoms with van der Waals surface area (Å²) in [6.07, 6.45) is 0. The second kappa shape index (κ2) is 8.78. The Balaban J connectivity index is 2.22. The van der Waals surface area contributed by atoms with Crippen LogP contribution in [0.2, 0.25) is 0 Å². The third kappa shape index (κ3) is 4.14. The van der Waals surface area contributed by atoms with Gasteiger partial charge in [0.05, 0.1) is 23.1 Å². The van der Waals surface area contributed by atoms with Gasteiger partial charge in [-0.15, -0.1) is 0 Å². The van der Waals surface area contributed by atoms with E-state index in [4.69, 9.17) is 4.74 Å². The van der Waals surface area contributed by atoms with Crippen molar-refractivity contribution in [3.63, 3.8) is 0 Å². The SMILES string of the molecule is COCC(C)(C)c1c(-c2ccc(C(=O)O)c(C)c2)c2c(O)cc(F)cc2n1-c1ccc(F)c(F)c1. The van der Waals surface area contributed by atoms with E-state index in [1.54, 1.807) is 23.6 Å². The lowest BCUT2D eigenvalue weighted by Gasteiger charge is -2.28. The molecule has 0 fully saturated rings. The summed E-state index contributed by atoms with van der Waals surface area (Å²) < 4.78 is 49.6. The van der Waals surface area contributed by atoms with Crippen LogP contribution in [0.1, 0.15) is 35.5 Å². The first kappa shape index (κ1) is 24.3. The van der Waals surface area contributed by atoms with Crippen molar-refractivity contribution in [1.82, 2.24) is 4.57 Å². The fourth-order valence-electron chi connectivity index (χ4n) is 4.66. The van der Waals surface area contributed by atoms with E-state index < -0.39 is 28.8 Å². The van der Waals surface area contributed by atoms with Crippen LogP contribution >= 0.6 is 0 Å². The lowest BCUT2D eigenvalue weighted by atomic mass is 9.84. The van der Waals surface area contributed by atoms with E-state index in [0.29, 0.717) is 22.4 Å². The first-order valence-corrected chi connectivity index (χ1v) is 10.8. The molecule has 1 aromatic heterocycles. The van der Waals surface area contributed by atoms with Crippen LogP contribution in [-0.4, -0.2) is 34.5 Å². The lowest BCUT2D eigenvalue weighted by molar-refractivity contribution is 0.0696. The van der Waals surface area contributed by atoms with E-state index in [9.17, 15) is 28.2 Å². The molecule has 35 heavy (non-hydrogen) atoms. The van der Waals surface area contributed by atoms with Gasteiger partial charge in [0.2, 0.25) is 0 Å². The third-order valence-electron chi connectivity index (χ3n) is 6.07. The van der Waals surface area contributed by atoms with Gasteiger partial charge in [-0.05, 0) is 42.3 Å². The topological polar surface area (TPSA) is 71.7 Å². The molecule has 0 aliphatic rings. The Bertz CT molecular complexity index is 1470. The van der Waals surface area contributed by atoms with Gasteiger partial charge in [-0.25, -0.2) is 18.0 Å². The molecule has 5 nitrogen and oxygen atoms in total. The zero-order valence-corrected chi connectivity index (χ0v) is 19.6. The van der Waals surface area contributed by atoms with Gasteiger partial charge >= 0.3 is 5.97 Å². The number of ether oxygens (including phenoxy) is 1. The highest BCUT2D eigenvalue weighted by Crippen LogP contribution is 2.46. The Morgan fingerprint density at radius 2 is 1.74 bits per heavy atom. The number of aromatic hydroxyl groups is 1. The van der Waals surface area contributed by atoms with Crippen molar-refractivity contribution >= 4 is 16.9 Å². The number of phenols is 1. The van der Waals surface area contributed by atoms with Gasteiger partial charge in [0.1, 0.15) is 11.6 Å². The number of rotatable bonds is 6. The number of phenolic OH excluding ortho intramolecular Hbond substituents is 1. The smallest absolute Gasteiger partial charge is 0.335 e. The molecule has 0 spiro atoms. The molecule has 1 heterocycles. The number of carbonyl (C=O) groups is 1. The molecule has 8 heteroatoms. The Morgan fingerprint density at radius 3 is 2.34 bits per heavy atom. The highest BCUT2D eigenvalue weighted by atomic mass is 19.2. The molecule has 4 rings (SSSR count). The number of hydrogen-bond donors (Lipinski definition) is 2. The second-order valence-corrected chi connectivity index (χ2v) is 9.13. The van der Waals surface area contributed by atoms with Crippen LogP contribution in [0.3, 0.4) is 0 Å². The van der Waals surface area contributed by atoms with E-state index in [1.807, 2.05) is 13.8 Å². The number of methoxy groups -OCH3 is 1. The molecule has 0 atom stereocenters. The molecule has 2 N–H and O–H groups in total. The van der Waals surface area contributed by atoms with Crippen LogP contribution in [-0.2, 0) is 10.2 Å². The van der Waals surface area contributed by atoms with Gasteiger partial charge in [-0.1, -0.05) is 26.0 Å². The quantitative estimate of drug-likeness (QED) is 0.335. The van der Waals surface area contributed by atoms with E-state index >= 15 is 0 Å². The Kier molecular flexibility index (Phi) is 6.11. The average molecular weight is 483 g/mol. The molecule has 0 radical (unpaired) electrons. The summed E-state index contributed by atoms with van der Waals surface area (Å²) in [5.41, 5.74) is 1.92. The highest BCUT2D eigenvalue weighted by molar-refractivity contribution is 6.04. The normalized spacial score (nSPS) is 11.9. The largest absolute Gasteiger partial charge is 0.507 e. The average Bonchev–Trinajstić information content (AvgIpc) is 3.11. The van der Waals surface area contributed by atoms with Crippen LogP contribution < -0.4 is 0 Å². The summed E-state index contributed by atoms with van der Waals surface area (Å²) in [6.45, 7) is 5.60. The van der Waals surface area contributed by atoms with Gasteiger partial charge in [0, 0.05) is 41.6 Å². The number of aryl methyl sites for hydroxylation is 1. The second-order valence-electron chi connectivity index (χ2n) is 9.13. The minimum absolute atomic E-state index is 0.117. The van der Waals surface area contributed by atoms with Gasteiger partial charge < -0.3 is 19.5 Å². The maximum absolute atomic E-state index is 14.5. The van der Waals surface area contributed by atoms with Crippen molar-refractivity contribution in [2.75, 3.05) is 13.7 Å². The summed E-state index contributed by atoms with van der Waals surface area (Å²) >= 11 is 0. The van der Waals surface area contributed by atoms with Gasteiger partial charge in [-0.2, -0.15) is 0 Å². The Labute approximate surface area is 200 Å². The molecule has 0 unspecified atom stereocenters. The van der Waals surface area contributed by atoms with Crippen molar-refractivity contribution in [3.8, 4) is 22.6 Å². The minimum atomic E-state index is -1.08. The predicted molar refractivity (Wildman–Crippen MR) is 127 cm³/mol. The van der Waals surface area contributed by atoms with Crippen LogP contribution in [0, 0.1) is 24.4 Å². The fraction of sp³-hybridized carbons (Fsp3) is 0.222. The number of carboxylic acids is 1. The Hall–Kier alpha value is -3.78. The van der Waals surface area contributed by atoms with Gasteiger partial charge in [0.25, 0.3) is 0 Å². The number of halogens is 3. The van der Waals surface area contributed by atoms with Crippen molar-refractivity contribution in [1.29, 1.82) is 0 Å². The first-order chi connectivity index (χ1) is 16.5. The number of aromatic nitrogens is 1. The third-order valence-corrected chi connectivity index (χ3v) is 6.07. The summed E-state index contributed by atoms with van der Waals surface area (Å²) in [5, 5.41) is 20.6. The van der Waals surface area contributed by atoms with Crippen LogP contribution in [0.5, 0.6) is 5.75 Å². The zero-order chi connectivity index (χ0) is 25.7. The number of carboxylic acid groups (broad SMARTS) is 1. The van der Waals surface area contributed by atoms with Crippen LogP contribution in [0.4, 0.5) is 13.2 Å². The molecule has 0 aliphatic carbocycles. The Morgan fingerprint density at radius 1 is 1.03 bits per heavy atom. The molecule has 4 aromatic rings. The van der Waals surface area contributed by atoms with Crippen LogP contribution in [0.15, 0.2) is 48.5 Å². The molecule has 3 aromatic carbocycles. The summed E-state index contributed by atoms with van der Waals surface area (Å²) in [5.74, 6) is -4.24. The number of nitrogens with zero attached hydrogens (tertiary/aromatic N) is 1.